The molecule has 1 aromatic heterocycles. The molecular weight excluding hydrogens is 1090 g/mol. The van der Waals surface area contributed by atoms with Crippen LogP contribution in [0.15, 0.2) is 21.9 Å². The first-order valence-electron chi connectivity index (χ1n) is 28.4. The predicted octanol–water partition coefficient (Wildman–Crippen LogP) is 0.924. The lowest BCUT2D eigenvalue weighted by molar-refractivity contribution is -0.299. The number of H-pyrrole nitrogens is 1. The van der Waals surface area contributed by atoms with Crippen molar-refractivity contribution in [3.8, 4) is 0 Å². The normalized spacial score (nSPS) is 29.6. The van der Waals surface area contributed by atoms with E-state index in [2.05, 4.69) is 17.2 Å². The number of methoxy groups -OCH3 is 2. The number of ether oxygens (including phenoxy) is 10. The van der Waals surface area contributed by atoms with Crippen LogP contribution in [0.25, 0.3) is 0 Å². The summed E-state index contributed by atoms with van der Waals surface area (Å²) in [5.41, 5.74) is 4.27. The first kappa shape index (κ1) is 67.4. The third-order valence-electron chi connectivity index (χ3n) is 15.0. The fourth-order valence-corrected chi connectivity index (χ4v) is 10.8. The number of carboxylic acid groups (broad SMARTS) is 2. The zero-order chi connectivity index (χ0) is 60.2. The van der Waals surface area contributed by atoms with Crippen LogP contribution in [0.3, 0.4) is 0 Å². The number of nitrogens with one attached hydrogen (secondary N) is 2. The van der Waals surface area contributed by atoms with Crippen molar-refractivity contribution in [2.24, 2.45) is 11.7 Å². The number of aliphatic hydroxyl groups excluding tert-OH is 2. The van der Waals surface area contributed by atoms with E-state index in [0.29, 0.717) is 12.8 Å². The molecule has 0 aliphatic carbocycles. The number of amides is 1. The third-order valence-corrected chi connectivity index (χ3v) is 15.0. The molecule has 4 aliphatic heterocycles. The molecule has 0 spiro atoms. The Morgan fingerprint density at radius 1 is 0.768 bits per heavy atom. The van der Waals surface area contributed by atoms with Gasteiger partial charge >= 0.3 is 41.5 Å². The number of hydrogen-bond acceptors (Lipinski definition) is 23. The second-order valence-electron chi connectivity index (χ2n) is 21.5. The predicted molar refractivity (Wildman–Crippen MR) is 283 cm³/mol. The number of aromatic amines is 1. The zero-order valence-corrected chi connectivity index (χ0v) is 47.6. The van der Waals surface area contributed by atoms with Gasteiger partial charge in [0.1, 0.15) is 42.8 Å². The summed E-state index contributed by atoms with van der Waals surface area (Å²) in [7, 11) is 4.07. The lowest BCUT2D eigenvalue weighted by atomic mass is 9.96. The number of nitrogens with two attached hydrogens (primary N) is 1. The monoisotopic (exact) mass is 1170 g/mol. The number of carbonyl (C=O) groups is 7. The number of aliphatic carboxylic acids is 2. The molecule has 4 aliphatic rings. The van der Waals surface area contributed by atoms with Gasteiger partial charge in [0.25, 0.3) is 5.56 Å². The molecule has 5 rings (SSSR count). The van der Waals surface area contributed by atoms with Crippen molar-refractivity contribution in [1.82, 2.24) is 19.8 Å². The molecule has 4 saturated heterocycles. The van der Waals surface area contributed by atoms with Crippen molar-refractivity contribution in [2.45, 2.75) is 234 Å². The summed E-state index contributed by atoms with van der Waals surface area (Å²) in [5.74, 6) is -7.78. The van der Waals surface area contributed by atoms with Gasteiger partial charge in [0.15, 0.2) is 24.5 Å². The maximum absolute atomic E-state index is 14.3. The molecule has 0 bridgehead atoms. The first-order valence-corrected chi connectivity index (χ1v) is 28.4. The van der Waals surface area contributed by atoms with Gasteiger partial charge in [-0.1, -0.05) is 72.1 Å². The highest BCUT2D eigenvalue weighted by molar-refractivity contribution is 5.89. The van der Waals surface area contributed by atoms with Gasteiger partial charge in [-0.2, -0.15) is 0 Å². The molecule has 8 N–H and O–H groups in total. The highest BCUT2D eigenvalue weighted by atomic mass is 16.7. The van der Waals surface area contributed by atoms with Gasteiger partial charge in [0.2, 0.25) is 12.2 Å². The fraction of sp³-hybridized carbons (Fsp3) is 0.796. The summed E-state index contributed by atoms with van der Waals surface area (Å²) >= 11 is 0. The number of aromatic nitrogens is 2. The molecule has 5 heterocycles. The summed E-state index contributed by atoms with van der Waals surface area (Å²) in [5, 5.41) is 44.1. The van der Waals surface area contributed by atoms with E-state index in [9.17, 15) is 58.5 Å². The van der Waals surface area contributed by atoms with Crippen molar-refractivity contribution in [3.63, 3.8) is 0 Å². The lowest BCUT2D eigenvalue weighted by Gasteiger charge is -2.44. The molecule has 82 heavy (non-hydrogen) atoms. The van der Waals surface area contributed by atoms with Crippen LogP contribution in [0.2, 0.25) is 0 Å². The van der Waals surface area contributed by atoms with Crippen LogP contribution in [0.1, 0.15) is 143 Å². The quantitative estimate of drug-likeness (QED) is 0.0292. The average molecular weight is 1170 g/mol. The second kappa shape index (κ2) is 33.2. The maximum Gasteiger partial charge on any atom is 0.330 e. The summed E-state index contributed by atoms with van der Waals surface area (Å²) in [4.78, 5) is 120. The highest BCUT2D eigenvalue weighted by Crippen LogP contribution is 2.36. The minimum absolute atomic E-state index is 0.0914. The molecular formula is C54H85N5O23. The fourth-order valence-electron chi connectivity index (χ4n) is 10.8. The number of carbonyl (C=O) groups excluding carboxylic acids is 5. The maximum atomic E-state index is 14.3. The van der Waals surface area contributed by atoms with Gasteiger partial charge in [-0.25, -0.2) is 9.59 Å². The molecule has 28 nitrogen and oxygen atoms in total. The second-order valence-corrected chi connectivity index (χ2v) is 21.5. The molecule has 1 aromatic rings. The number of nitrogens with zero attached hydrogens (tertiary/aromatic N) is 2. The van der Waals surface area contributed by atoms with Crippen molar-refractivity contribution in [3.05, 3.63) is 33.1 Å². The summed E-state index contributed by atoms with van der Waals surface area (Å²) < 4.78 is 59.6. The van der Waals surface area contributed by atoms with E-state index >= 15 is 0 Å². The van der Waals surface area contributed by atoms with E-state index in [1.807, 2.05) is 0 Å². The molecule has 17 atom stereocenters. The van der Waals surface area contributed by atoms with E-state index in [4.69, 9.17) is 58.2 Å². The van der Waals surface area contributed by atoms with Crippen LogP contribution in [-0.4, -0.2) is 203 Å². The van der Waals surface area contributed by atoms with Crippen molar-refractivity contribution in [2.75, 3.05) is 34.4 Å². The Morgan fingerprint density at radius 2 is 1.43 bits per heavy atom. The first-order chi connectivity index (χ1) is 39.1. The van der Waals surface area contributed by atoms with Gasteiger partial charge in [-0.05, 0) is 32.2 Å². The van der Waals surface area contributed by atoms with Gasteiger partial charge in [0, 0.05) is 65.3 Å². The van der Waals surface area contributed by atoms with Crippen molar-refractivity contribution in [1.29, 1.82) is 0 Å². The standard InChI is InChI=1S/C54H85N5O23/c1-7-9-10-11-12-13-14-15-16-17-30(75-40(66)22-29(3)23-41(67)81-53-50(74-6)49(47(73-5)33(8-2)78-53)80-39(65)19-18-38(63)64)24-42(68)76-35-28-58(4)45(51(69)57-44(35)52(70)71)48(82-43-26-31(60)34(27-55)77-43)46-32(61)25-37(79-46)59-21-20-36(62)56-54(59)72/h20-21,29-35,37,43-50,53,60-61H,7-19,22-28,55H2,1-6H3,(H,57,69)(H,63,64)(H,70,71)(H,56,62,72)/t29-,30-,31+,32+,33+,34-,35-,37-,43+,44+,45-,46+,47+,48+,49-,50-,53+/m1/s1. The van der Waals surface area contributed by atoms with E-state index in [1.165, 1.54) is 32.4 Å². The summed E-state index contributed by atoms with van der Waals surface area (Å²) in [6, 6.07) is -2.26. The number of aliphatic hydroxyl groups is 2. The molecule has 0 unspecified atom stereocenters. The number of unbranched alkanes of at least 4 members (excludes halogenated alkanes) is 8. The Hall–Kier alpha value is -5.43. The molecule has 464 valence electrons. The van der Waals surface area contributed by atoms with Crippen LogP contribution < -0.4 is 22.3 Å². The van der Waals surface area contributed by atoms with Crippen LogP contribution in [0.4, 0.5) is 0 Å². The Labute approximate surface area is 475 Å². The molecule has 28 heteroatoms. The number of carboxylic acids is 2. The van der Waals surface area contributed by atoms with Crippen LogP contribution in [-0.2, 0) is 80.9 Å². The number of esters is 4. The topological polar surface area (TPSA) is 389 Å². The van der Waals surface area contributed by atoms with Crippen LogP contribution >= 0.6 is 0 Å². The van der Waals surface area contributed by atoms with Crippen LogP contribution in [0.5, 0.6) is 0 Å². The molecule has 0 saturated carbocycles. The van der Waals surface area contributed by atoms with E-state index in [0.717, 1.165) is 62.0 Å². The smallest absolute Gasteiger partial charge is 0.330 e. The van der Waals surface area contributed by atoms with Crippen molar-refractivity contribution >= 4 is 41.7 Å². The summed E-state index contributed by atoms with van der Waals surface area (Å²) in [6.45, 7) is 5.00. The van der Waals surface area contributed by atoms with Gasteiger partial charge in [-0.3, -0.25) is 48.0 Å². The van der Waals surface area contributed by atoms with E-state index < -0.39 is 183 Å². The Bertz CT molecular complexity index is 2370. The zero-order valence-electron chi connectivity index (χ0n) is 47.6. The molecule has 1 amide bonds. The van der Waals surface area contributed by atoms with Crippen LogP contribution in [0, 0.1) is 5.92 Å². The Balaban J connectivity index is 1.28. The van der Waals surface area contributed by atoms with E-state index in [-0.39, 0.29) is 38.6 Å². The Morgan fingerprint density at radius 3 is 2.04 bits per heavy atom. The van der Waals surface area contributed by atoms with E-state index in [1.54, 1.807) is 13.8 Å². The number of rotatable bonds is 33. The van der Waals surface area contributed by atoms with Gasteiger partial charge < -0.3 is 78.8 Å². The molecule has 0 radical (unpaired) electrons. The lowest BCUT2D eigenvalue weighted by Crippen LogP contribution is -2.61. The number of hydrogen-bond donors (Lipinski definition) is 7. The van der Waals surface area contributed by atoms with Gasteiger partial charge in [-0.15, -0.1) is 0 Å². The van der Waals surface area contributed by atoms with Gasteiger partial charge in [0.05, 0.1) is 43.7 Å². The number of likely N-dealkylation sites (N-methyl/N-ethyl adjacent to an activating group) is 1. The molecule has 0 aromatic carbocycles. The SMILES string of the molecule is CCCCCCCCCCC[C@H](CC(=O)O[C@@H]1CN(C)[C@H]([C@H](O[C@H]2C[C@H](O)[C@@H](CN)O2)[C@H]2O[C@@H](n3ccc(=O)[nH]c3=O)C[C@@H]2O)C(=O)N[C@@H]1C(=O)O)OC(=O)C[C@@H](C)CC(=O)O[C@@H]1O[C@@H](CC)[C@H](OC)[C@@H](OC(=O)CCC(=O)O)[C@H]1OC. The highest BCUT2D eigenvalue weighted by Gasteiger charge is 2.53. The Kier molecular flexibility index (Phi) is 27.2. The minimum Gasteiger partial charge on any atom is -0.481 e. The minimum atomic E-state index is -1.84. The summed E-state index contributed by atoms with van der Waals surface area (Å²) in [6.07, 6.45) is -8.49. The third kappa shape index (κ3) is 19.6. The molecule has 4 fully saturated rings. The van der Waals surface area contributed by atoms with Crippen molar-refractivity contribution < 1.29 is 101 Å². The largest absolute Gasteiger partial charge is 0.481 e. The average Bonchev–Trinajstić information content (AvgIpc) is 3.42.